The first-order chi connectivity index (χ1) is 16.8. The zero-order valence-corrected chi connectivity index (χ0v) is 28.5. The smallest absolute Gasteiger partial charge is 1.00 e. The fourth-order valence-corrected chi connectivity index (χ4v) is 10.6. The summed E-state index contributed by atoms with van der Waals surface area (Å²) in [5, 5.41) is 13.9. The second kappa shape index (κ2) is 11.4. The first-order valence-corrected chi connectivity index (χ1v) is 18.8. The summed E-state index contributed by atoms with van der Waals surface area (Å²) in [4.78, 5) is 0. The molecule has 1 unspecified atom stereocenters. The molecule has 0 N–H and O–H groups in total. The molecule has 0 amide bonds. The Balaban J connectivity index is 0.00000133. The van der Waals surface area contributed by atoms with Crippen molar-refractivity contribution in [2.24, 2.45) is 0 Å². The van der Waals surface area contributed by atoms with Gasteiger partial charge in [0.05, 0.1) is 5.75 Å². The van der Waals surface area contributed by atoms with E-state index in [9.17, 15) is 0 Å². The summed E-state index contributed by atoms with van der Waals surface area (Å²) in [5.74, 6) is 1.11. The van der Waals surface area contributed by atoms with Gasteiger partial charge in [0.25, 0.3) is 0 Å². The van der Waals surface area contributed by atoms with Gasteiger partial charge in [-0.1, -0.05) is 85.4 Å². The van der Waals surface area contributed by atoms with Gasteiger partial charge in [0.2, 0.25) is 8.32 Å². The molecule has 0 bridgehead atoms. The largest absolute Gasteiger partial charge is 4.00 e. The standard InChI is InChI=1S/C32H32OSi2.2ClH.Zr/c1-6-35(5,31-17-11-16-26-24-14-9-7-12-22(24)20-28(26)31)32-29-21-23-13-8-10-15-25(23)27(29)18-19-30(32)33-34(2,3)4;;;/h7-21H,6H2,1-5H3;2*1H;/q-2;;;+4/p-2. The number of hydrogen-bond acceptors (Lipinski definition) is 1. The van der Waals surface area contributed by atoms with E-state index in [-0.39, 0.29) is 51.0 Å². The van der Waals surface area contributed by atoms with Crippen molar-refractivity contribution in [3.63, 3.8) is 0 Å². The van der Waals surface area contributed by atoms with Crippen LogP contribution in [0.15, 0.2) is 91.0 Å². The first-order valence-electron chi connectivity index (χ1n) is 12.7. The van der Waals surface area contributed by atoms with Crippen LogP contribution in [0.2, 0.25) is 32.2 Å². The zero-order valence-electron chi connectivity index (χ0n) is 22.5. The number of benzene rings is 4. The molecule has 0 radical (unpaired) electrons. The molecule has 6 aromatic carbocycles. The summed E-state index contributed by atoms with van der Waals surface area (Å²) in [7, 11) is -3.98. The predicted octanol–water partition coefficient (Wildman–Crippen LogP) is 2.17. The van der Waals surface area contributed by atoms with Crippen LogP contribution in [0.5, 0.6) is 5.75 Å². The van der Waals surface area contributed by atoms with Gasteiger partial charge in [-0.25, -0.2) is 0 Å². The molecule has 0 saturated carbocycles. The Morgan fingerprint density at radius 2 is 1.16 bits per heavy atom. The van der Waals surface area contributed by atoms with Gasteiger partial charge < -0.3 is 29.2 Å². The molecule has 0 spiro atoms. The fraction of sp³-hybridized carbons (Fsp3) is 0.188. The van der Waals surface area contributed by atoms with E-state index in [0.29, 0.717) is 0 Å². The summed E-state index contributed by atoms with van der Waals surface area (Å²) in [6.45, 7) is 11.8. The molecule has 6 rings (SSSR count). The minimum Gasteiger partial charge on any atom is -1.00 e. The zero-order chi connectivity index (χ0) is 24.4. The van der Waals surface area contributed by atoms with E-state index in [4.69, 9.17) is 4.43 Å². The van der Waals surface area contributed by atoms with Crippen molar-refractivity contribution < 1.29 is 55.4 Å². The van der Waals surface area contributed by atoms with Gasteiger partial charge in [-0.15, -0.1) is 72.5 Å². The molecular weight excluding hydrogens is 619 g/mol. The van der Waals surface area contributed by atoms with Crippen molar-refractivity contribution in [3.05, 3.63) is 91.0 Å². The van der Waals surface area contributed by atoms with E-state index in [1.807, 2.05) is 0 Å². The molecule has 0 saturated heterocycles. The van der Waals surface area contributed by atoms with E-state index < -0.39 is 16.4 Å². The number of halogens is 2. The molecule has 6 heteroatoms. The van der Waals surface area contributed by atoms with Crippen molar-refractivity contribution >= 4 is 69.9 Å². The van der Waals surface area contributed by atoms with Crippen LogP contribution in [0.4, 0.5) is 0 Å². The Morgan fingerprint density at radius 1 is 0.632 bits per heavy atom. The molecule has 0 heterocycles. The summed E-state index contributed by atoms with van der Waals surface area (Å²) < 4.78 is 6.85. The molecular formula is C32H32Cl2OSi2Zr. The summed E-state index contributed by atoms with van der Waals surface area (Å²) in [6.07, 6.45) is 0. The van der Waals surface area contributed by atoms with Gasteiger partial charge in [-0.05, 0) is 25.7 Å². The molecule has 0 aromatic heterocycles. The van der Waals surface area contributed by atoms with Gasteiger partial charge in [0.15, 0.2) is 0 Å². The van der Waals surface area contributed by atoms with Gasteiger partial charge in [-0.3, -0.25) is 0 Å². The maximum absolute atomic E-state index is 6.85. The van der Waals surface area contributed by atoms with E-state index in [2.05, 4.69) is 124 Å². The van der Waals surface area contributed by atoms with Gasteiger partial charge >= 0.3 is 26.2 Å². The van der Waals surface area contributed by atoms with E-state index in [1.54, 1.807) is 0 Å². The molecule has 0 aliphatic rings. The third kappa shape index (κ3) is 5.00. The third-order valence-electron chi connectivity index (χ3n) is 7.68. The molecule has 6 aromatic rings. The summed E-state index contributed by atoms with van der Waals surface area (Å²) >= 11 is 0. The van der Waals surface area contributed by atoms with Crippen molar-refractivity contribution in [2.45, 2.75) is 39.2 Å². The van der Waals surface area contributed by atoms with Crippen LogP contribution in [-0.2, 0) is 26.2 Å². The van der Waals surface area contributed by atoms with E-state index >= 15 is 0 Å². The number of hydrogen-bond donors (Lipinski definition) is 0. The van der Waals surface area contributed by atoms with E-state index in [1.165, 1.54) is 53.5 Å². The van der Waals surface area contributed by atoms with Crippen LogP contribution < -0.4 is 39.6 Å². The summed E-state index contributed by atoms with van der Waals surface area (Å²) in [5.41, 5.74) is 0. The van der Waals surface area contributed by atoms with Crippen molar-refractivity contribution in [3.8, 4) is 5.75 Å². The molecule has 38 heavy (non-hydrogen) atoms. The monoisotopic (exact) mass is 648 g/mol. The van der Waals surface area contributed by atoms with Gasteiger partial charge in [0, 0.05) is 8.07 Å². The Bertz CT molecular complexity index is 1730. The van der Waals surface area contributed by atoms with Crippen LogP contribution in [0.25, 0.3) is 43.1 Å². The molecule has 192 valence electrons. The first kappa shape index (κ1) is 30.9. The Kier molecular flexibility index (Phi) is 9.28. The Morgan fingerprint density at radius 3 is 1.74 bits per heavy atom. The normalized spacial score (nSPS) is 13.1. The van der Waals surface area contributed by atoms with Gasteiger partial charge in [0.1, 0.15) is 0 Å². The molecule has 0 aliphatic carbocycles. The van der Waals surface area contributed by atoms with Gasteiger partial charge in [-0.2, -0.15) is 0 Å². The van der Waals surface area contributed by atoms with Crippen LogP contribution in [0.3, 0.4) is 0 Å². The average molecular weight is 651 g/mol. The summed E-state index contributed by atoms with van der Waals surface area (Å²) in [6, 6.07) is 35.1. The molecule has 0 fully saturated rings. The van der Waals surface area contributed by atoms with Crippen molar-refractivity contribution in [1.29, 1.82) is 0 Å². The SMILES string of the molecule is CC[Si](C)(c1cccc2c1[cH-]c1ccccc12)c1c(O[Si](C)(C)C)ccc2c1[cH-]c1ccccc12.[Cl-].[Cl-].[Zr+4]. The minimum atomic E-state index is -2.18. The Labute approximate surface area is 259 Å². The quantitative estimate of drug-likeness (QED) is 0.206. The maximum atomic E-state index is 6.85. The topological polar surface area (TPSA) is 9.23 Å². The second-order valence-corrected chi connectivity index (χ2v) is 19.9. The fourth-order valence-electron chi connectivity index (χ4n) is 5.95. The number of fused-ring (bicyclic) bond motifs is 6. The number of rotatable bonds is 5. The van der Waals surface area contributed by atoms with Crippen LogP contribution in [-0.4, -0.2) is 16.4 Å². The predicted molar refractivity (Wildman–Crippen MR) is 159 cm³/mol. The van der Waals surface area contributed by atoms with Crippen LogP contribution >= 0.6 is 0 Å². The Hall–Kier alpha value is -1.68. The maximum Gasteiger partial charge on any atom is 4.00 e. The van der Waals surface area contributed by atoms with Crippen molar-refractivity contribution in [2.75, 3.05) is 0 Å². The molecule has 1 atom stereocenters. The van der Waals surface area contributed by atoms with E-state index in [0.717, 1.165) is 11.8 Å². The second-order valence-electron chi connectivity index (χ2n) is 11.0. The third-order valence-corrected chi connectivity index (χ3v) is 13.2. The van der Waals surface area contributed by atoms with Crippen molar-refractivity contribution in [1.82, 2.24) is 0 Å². The van der Waals surface area contributed by atoms with Crippen LogP contribution in [0.1, 0.15) is 6.92 Å². The average Bonchev–Trinajstić information content (AvgIpc) is 3.40. The van der Waals surface area contributed by atoms with Crippen LogP contribution in [0, 0.1) is 0 Å². The molecule has 0 aliphatic heterocycles. The minimum absolute atomic E-state index is 0. The molecule has 1 nitrogen and oxygen atoms in total.